The van der Waals surface area contributed by atoms with E-state index in [1.165, 1.54) is 4.88 Å². The molecule has 10 heteroatoms. The van der Waals surface area contributed by atoms with Gasteiger partial charge in [0.25, 0.3) is 0 Å². The number of aryl methyl sites for hydroxylation is 1. The number of hydrogen-bond acceptors (Lipinski definition) is 4. The molecule has 7 nitrogen and oxygen atoms in total. The highest BCUT2D eigenvalue weighted by Gasteiger charge is 2.10. The monoisotopic (exact) mass is 425 g/mol. The van der Waals surface area contributed by atoms with E-state index >= 15 is 0 Å². The molecule has 3 rings (SSSR count). The van der Waals surface area contributed by atoms with E-state index in [1.807, 2.05) is 42.3 Å². The van der Waals surface area contributed by atoms with Gasteiger partial charge >= 0.3 is 0 Å². The zero-order valence-corrected chi connectivity index (χ0v) is 17.7. The molecule has 0 aromatic carbocycles. The molecule has 0 aliphatic rings. The molecule has 0 unspecified atom stereocenters. The maximum atomic E-state index is 6.14. The first-order valence-electron chi connectivity index (χ1n) is 8.34. The van der Waals surface area contributed by atoms with Gasteiger partial charge in [0.15, 0.2) is 11.8 Å². The number of guanidine groups is 1. The van der Waals surface area contributed by atoms with Crippen molar-refractivity contribution in [1.82, 2.24) is 30.0 Å². The molecular formula is C17H21Cl2N7S. The van der Waals surface area contributed by atoms with E-state index in [-0.39, 0.29) is 0 Å². The van der Waals surface area contributed by atoms with Crippen molar-refractivity contribution in [3.63, 3.8) is 0 Å². The Balaban J connectivity index is 1.71. The summed E-state index contributed by atoms with van der Waals surface area (Å²) >= 11 is 13.9. The minimum atomic E-state index is 0.445. The summed E-state index contributed by atoms with van der Waals surface area (Å²) < 4.78 is 3.77. The number of nitrogens with zero attached hydrogens (tertiary/aromatic N) is 5. The van der Waals surface area contributed by atoms with E-state index in [1.54, 1.807) is 11.3 Å². The van der Waals surface area contributed by atoms with Gasteiger partial charge in [-0.3, -0.25) is 0 Å². The molecule has 3 aromatic rings. The minimum Gasteiger partial charge on any atom is -0.351 e. The summed E-state index contributed by atoms with van der Waals surface area (Å²) in [6.07, 6.45) is 0. The van der Waals surface area contributed by atoms with Crippen LogP contribution in [-0.2, 0) is 33.7 Å². The van der Waals surface area contributed by atoms with E-state index in [4.69, 9.17) is 23.2 Å². The van der Waals surface area contributed by atoms with Crippen LogP contribution >= 0.6 is 34.5 Å². The molecule has 0 spiro atoms. The lowest BCUT2D eigenvalue weighted by atomic mass is 10.4. The fraction of sp³-hybridized carbons (Fsp3) is 0.353. The minimum absolute atomic E-state index is 0.445. The summed E-state index contributed by atoms with van der Waals surface area (Å²) in [5.41, 5.74) is 0.928. The van der Waals surface area contributed by atoms with Crippen LogP contribution in [0.15, 0.2) is 28.6 Å². The molecule has 0 radical (unpaired) electrons. The summed E-state index contributed by atoms with van der Waals surface area (Å²) in [7, 11) is 3.81. The third-order valence-electron chi connectivity index (χ3n) is 4.22. The van der Waals surface area contributed by atoms with Crippen LogP contribution < -0.4 is 10.6 Å². The van der Waals surface area contributed by atoms with Crippen molar-refractivity contribution in [2.45, 2.75) is 26.6 Å². The molecule has 0 saturated carbocycles. The van der Waals surface area contributed by atoms with Gasteiger partial charge in [-0.25, -0.2) is 4.99 Å². The number of aromatic nitrogens is 4. The molecule has 0 amide bonds. The Bertz CT molecular complexity index is 928. The molecule has 144 valence electrons. The molecule has 0 atom stereocenters. The summed E-state index contributed by atoms with van der Waals surface area (Å²) in [6.45, 7) is 3.57. The lowest BCUT2D eigenvalue weighted by Gasteiger charge is -2.12. The first kappa shape index (κ1) is 19.7. The van der Waals surface area contributed by atoms with Crippen LogP contribution in [0.25, 0.3) is 0 Å². The summed E-state index contributed by atoms with van der Waals surface area (Å²) in [4.78, 5) is 5.89. The Labute approximate surface area is 172 Å². The van der Waals surface area contributed by atoms with Crippen LogP contribution in [0.2, 0.25) is 10.2 Å². The maximum absolute atomic E-state index is 6.14. The molecule has 0 aliphatic heterocycles. The van der Waals surface area contributed by atoms with Gasteiger partial charge in [-0.15, -0.1) is 21.5 Å². The Hall–Kier alpha value is -2.03. The lowest BCUT2D eigenvalue weighted by molar-refractivity contribution is 0.712. The third-order valence-corrected chi connectivity index (χ3v) is 5.94. The second-order valence-corrected chi connectivity index (χ2v) is 7.80. The number of rotatable bonds is 6. The van der Waals surface area contributed by atoms with Crippen LogP contribution in [0.5, 0.6) is 0 Å². The third kappa shape index (κ3) is 4.82. The van der Waals surface area contributed by atoms with Gasteiger partial charge in [-0.1, -0.05) is 29.3 Å². The quantitative estimate of drug-likeness (QED) is 0.469. The van der Waals surface area contributed by atoms with Crippen molar-refractivity contribution >= 4 is 40.5 Å². The molecular weight excluding hydrogens is 405 g/mol. The predicted molar refractivity (Wildman–Crippen MR) is 110 cm³/mol. The van der Waals surface area contributed by atoms with Crippen molar-refractivity contribution in [3.8, 4) is 0 Å². The highest BCUT2D eigenvalue weighted by atomic mass is 35.5. The SMILES string of the molecule is Cc1nnc(CNC(=NCc2cc(Cl)c(Cl)n2C)NCc2cccs2)n1C. The van der Waals surface area contributed by atoms with Crippen LogP contribution in [0.1, 0.15) is 22.2 Å². The molecule has 2 N–H and O–H groups in total. The predicted octanol–water partition coefficient (Wildman–Crippen LogP) is 3.27. The molecule has 3 heterocycles. The van der Waals surface area contributed by atoms with Crippen LogP contribution in [0.4, 0.5) is 0 Å². The van der Waals surface area contributed by atoms with E-state index in [9.17, 15) is 0 Å². The van der Waals surface area contributed by atoms with E-state index in [0.29, 0.717) is 35.8 Å². The van der Waals surface area contributed by atoms with Gasteiger partial charge in [0, 0.05) is 24.7 Å². The smallest absolute Gasteiger partial charge is 0.192 e. The van der Waals surface area contributed by atoms with Gasteiger partial charge < -0.3 is 19.8 Å². The highest BCUT2D eigenvalue weighted by molar-refractivity contribution is 7.09. The van der Waals surface area contributed by atoms with Crippen LogP contribution in [0, 0.1) is 6.92 Å². The molecule has 0 bridgehead atoms. The summed E-state index contributed by atoms with van der Waals surface area (Å²) in [5.74, 6) is 2.38. The largest absolute Gasteiger partial charge is 0.351 e. The fourth-order valence-electron chi connectivity index (χ4n) is 2.43. The van der Waals surface area contributed by atoms with E-state index in [0.717, 1.165) is 17.3 Å². The lowest BCUT2D eigenvalue weighted by Crippen LogP contribution is -2.37. The number of thiophene rings is 1. The van der Waals surface area contributed by atoms with Gasteiger partial charge in [-0.2, -0.15) is 0 Å². The van der Waals surface area contributed by atoms with Crippen LogP contribution in [0.3, 0.4) is 0 Å². The van der Waals surface area contributed by atoms with Gasteiger partial charge in [0.1, 0.15) is 11.0 Å². The average Bonchev–Trinajstić information content (AvgIpc) is 3.34. The Morgan fingerprint density at radius 1 is 1.19 bits per heavy atom. The normalized spacial score (nSPS) is 11.8. The van der Waals surface area contributed by atoms with Crippen molar-refractivity contribution in [3.05, 3.63) is 56.0 Å². The number of halogens is 2. The zero-order valence-electron chi connectivity index (χ0n) is 15.3. The molecule has 0 aliphatic carbocycles. The zero-order chi connectivity index (χ0) is 19.4. The maximum Gasteiger partial charge on any atom is 0.192 e. The molecule has 0 fully saturated rings. The van der Waals surface area contributed by atoms with Gasteiger partial charge in [0.05, 0.1) is 24.7 Å². The van der Waals surface area contributed by atoms with Crippen molar-refractivity contribution in [2.75, 3.05) is 0 Å². The Morgan fingerprint density at radius 2 is 1.96 bits per heavy atom. The molecule has 27 heavy (non-hydrogen) atoms. The second-order valence-electron chi connectivity index (χ2n) is 6.01. The van der Waals surface area contributed by atoms with Crippen LogP contribution in [-0.4, -0.2) is 25.3 Å². The second kappa shape index (κ2) is 8.77. The number of aliphatic imine (C=N–C) groups is 1. The standard InChI is InChI=1S/C17H21Cl2N7S/c1-11-23-24-15(25(11)2)10-22-17(21-9-13-5-4-6-27-13)20-8-12-7-14(18)16(19)26(12)3/h4-7H,8-10H2,1-3H3,(H2,20,21,22). The van der Waals surface area contributed by atoms with Crippen molar-refractivity contribution in [2.24, 2.45) is 19.1 Å². The first-order chi connectivity index (χ1) is 13.0. The van der Waals surface area contributed by atoms with Crippen molar-refractivity contribution < 1.29 is 0 Å². The Kier molecular flexibility index (Phi) is 6.41. The first-order valence-corrected chi connectivity index (χ1v) is 9.98. The van der Waals surface area contributed by atoms with Gasteiger partial charge in [-0.05, 0) is 24.4 Å². The average molecular weight is 426 g/mol. The molecule has 0 saturated heterocycles. The van der Waals surface area contributed by atoms with E-state index < -0.39 is 0 Å². The summed E-state index contributed by atoms with van der Waals surface area (Å²) in [6, 6.07) is 5.94. The number of hydrogen-bond donors (Lipinski definition) is 2. The summed E-state index contributed by atoms with van der Waals surface area (Å²) in [5, 5.41) is 18.0. The van der Waals surface area contributed by atoms with E-state index in [2.05, 4.69) is 37.3 Å². The highest BCUT2D eigenvalue weighted by Crippen LogP contribution is 2.25. The topological polar surface area (TPSA) is 72.1 Å². The Morgan fingerprint density at radius 3 is 2.56 bits per heavy atom. The van der Waals surface area contributed by atoms with Gasteiger partial charge in [0.2, 0.25) is 0 Å². The molecule has 3 aromatic heterocycles. The number of nitrogens with one attached hydrogen (secondary N) is 2. The van der Waals surface area contributed by atoms with Crippen molar-refractivity contribution in [1.29, 1.82) is 0 Å². The fourth-order valence-corrected chi connectivity index (χ4v) is 3.49.